The van der Waals surface area contributed by atoms with E-state index in [0.29, 0.717) is 6.54 Å². The van der Waals surface area contributed by atoms with Crippen LogP contribution in [0, 0.1) is 5.92 Å². The van der Waals surface area contributed by atoms with E-state index in [-0.39, 0.29) is 48.3 Å². The fourth-order valence-electron chi connectivity index (χ4n) is 5.22. The molecule has 3 heterocycles. The second kappa shape index (κ2) is 7.26. The Morgan fingerprint density at radius 3 is 2.63 bits per heavy atom. The number of amides is 1. The van der Waals surface area contributed by atoms with Crippen molar-refractivity contribution in [1.29, 1.82) is 0 Å². The molecular formula is C24H33NO5. The zero-order chi connectivity index (χ0) is 21.8. The molecule has 1 aromatic carbocycles. The van der Waals surface area contributed by atoms with Crippen LogP contribution in [0.4, 0.5) is 0 Å². The van der Waals surface area contributed by atoms with Gasteiger partial charge in [0.25, 0.3) is 0 Å². The Morgan fingerprint density at radius 2 is 1.97 bits per heavy atom. The number of carbonyl (C=O) groups is 2. The number of aliphatic carboxylic acids is 1. The van der Waals surface area contributed by atoms with Crippen LogP contribution in [0.25, 0.3) is 0 Å². The van der Waals surface area contributed by atoms with Crippen LogP contribution in [0.3, 0.4) is 0 Å². The maximum atomic E-state index is 12.7. The molecule has 0 spiro atoms. The summed E-state index contributed by atoms with van der Waals surface area (Å²) in [6, 6.07) is 6.43. The molecule has 1 N–H and O–H groups in total. The molecule has 2 fully saturated rings. The number of rotatable bonds is 3. The predicted molar refractivity (Wildman–Crippen MR) is 113 cm³/mol. The Hall–Kier alpha value is -2.08. The highest BCUT2D eigenvalue weighted by Gasteiger charge is 2.53. The van der Waals surface area contributed by atoms with Gasteiger partial charge in [0.05, 0.1) is 24.7 Å². The molecule has 0 aromatic heterocycles. The van der Waals surface area contributed by atoms with E-state index in [1.165, 1.54) is 5.56 Å². The van der Waals surface area contributed by atoms with E-state index in [0.717, 1.165) is 24.2 Å². The third-order valence-corrected chi connectivity index (χ3v) is 6.99. The zero-order valence-electron chi connectivity index (χ0n) is 18.6. The minimum Gasteiger partial charge on any atom is -0.487 e. The van der Waals surface area contributed by atoms with Crippen LogP contribution in [0.15, 0.2) is 18.2 Å². The highest BCUT2D eigenvalue weighted by atomic mass is 16.5. The second-order valence-electron chi connectivity index (χ2n) is 10.5. The molecule has 1 amide bonds. The Bertz CT molecular complexity index is 856. The second-order valence-corrected chi connectivity index (χ2v) is 10.5. The van der Waals surface area contributed by atoms with Gasteiger partial charge >= 0.3 is 5.97 Å². The van der Waals surface area contributed by atoms with E-state index in [2.05, 4.69) is 52.8 Å². The minimum atomic E-state index is -0.938. The van der Waals surface area contributed by atoms with Crippen LogP contribution < -0.4 is 4.74 Å². The van der Waals surface area contributed by atoms with E-state index in [9.17, 15) is 9.59 Å². The molecule has 164 valence electrons. The summed E-state index contributed by atoms with van der Waals surface area (Å²) in [6.07, 6.45) is 1.45. The Labute approximate surface area is 178 Å². The van der Waals surface area contributed by atoms with Crippen LogP contribution in [0.1, 0.15) is 77.5 Å². The maximum Gasteiger partial charge on any atom is 0.303 e. The van der Waals surface area contributed by atoms with E-state index in [4.69, 9.17) is 14.6 Å². The highest BCUT2D eigenvalue weighted by molar-refractivity contribution is 5.81. The van der Waals surface area contributed by atoms with Crippen LogP contribution in [0.2, 0.25) is 0 Å². The van der Waals surface area contributed by atoms with Gasteiger partial charge in [-0.1, -0.05) is 26.8 Å². The van der Waals surface area contributed by atoms with Gasteiger partial charge in [0.1, 0.15) is 11.4 Å². The quantitative estimate of drug-likeness (QED) is 0.805. The lowest BCUT2D eigenvalue weighted by Gasteiger charge is -2.51. The Morgan fingerprint density at radius 1 is 1.23 bits per heavy atom. The van der Waals surface area contributed by atoms with Gasteiger partial charge < -0.3 is 19.5 Å². The van der Waals surface area contributed by atoms with Crippen LogP contribution in [-0.4, -0.2) is 46.2 Å². The first-order valence-electron chi connectivity index (χ1n) is 11.0. The predicted octanol–water partition coefficient (Wildman–Crippen LogP) is 4.07. The molecule has 0 unspecified atom stereocenters. The van der Waals surface area contributed by atoms with Crippen molar-refractivity contribution < 1.29 is 24.2 Å². The van der Waals surface area contributed by atoms with Crippen molar-refractivity contribution in [3.63, 3.8) is 0 Å². The van der Waals surface area contributed by atoms with Gasteiger partial charge in [0, 0.05) is 24.4 Å². The zero-order valence-corrected chi connectivity index (χ0v) is 18.6. The summed E-state index contributed by atoms with van der Waals surface area (Å²) in [4.78, 5) is 25.4. The van der Waals surface area contributed by atoms with Gasteiger partial charge in [-0.25, -0.2) is 0 Å². The van der Waals surface area contributed by atoms with E-state index in [1.54, 1.807) is 0 Å². The Balaban J connectivity index is 1.61. The lowest BCUT2D eigenvalue weighted by molar-refractivity contribution is -0.167. The van der Waals surface area contributed by atoms with Gasteiger partial charge in [-0.05, 0) is 49.8 Å². The van der Waals surface area contributed by atoms with E-state index in [1.807, 2.05) is 4.90 Å². The number of fused-ring (bicyclic) bond motifs is 4. The molecule has 6 nitrogen and oxygen atoms in total. The average Bonchev–Trinajstić information content (AvgIpc) is 3.06. The van der Waals surface area contributed by atoms with Crippen molar-refractivity contribution in [2.24, 2.45) is 5.92 Å². The highest BCUT2D eigenvalue weighted by Crippen LogP contribution is 2.53. The molecule has 0 bridgehead atoms. The van der Waals surface area contributed by atoms with Gasteiger partial charge in [0.15, 0.2) is 0 Å². The summed E-state index contributed by atoms with van der Waals surface area (Å²) in [5, 5.41) is 8.92. The molecule has 6 heteroatoms. The summed E-state index contributed by atoms with van der Waals surface area (Å²) in [7, 11) is 0. The number of carboxylic acid groups (broad SMARTS) is 1. The number of hydrogen-bond donors (Lipinski definition) is 1. The van der Waals surface area contributed by atoms with Crippen molar-refractivity contribution in [3.05, 3.63) is 29.3 Å². The number of nitrogens with zero attached hydrogens (tertiary/aromatic N) is 1. The van der Waals surface area contributed by atoms with E-state index < -0.39 is 11.6 Å². The van der Waals surface area contributed by atoms with Crippen LogP contribution in [0.5, 0.6) is 5.75 Å². The number of carboxylic acids is 1. The number of carbonyl (C=O) groups excluding carboxylic acids is 1. The number of hydrogen-bond acceptors (Lipinski definition) is 4. The molecular weight excluding hydrogens is 382 g/mol. The monoisotopic (exact) mass is 415 g/mol. The first kappa shape index (κ1) is 21.2. The van der Waals surface area contributed by atoms with Gasteiger partial charge in [0.2, 0.25) is 5.91 Å². The summed E-state index contributed by atoms with van der Waals surface area (Å²) >= 11 is 0. The van der Waals surface area contributed by atoms with Crippen molar-refractivity contribution in [3.8, 4) is 5.75 Å². The molecule has 4 rings (SSSR count). The topological polar surface area (TPSA) is 76.1 Å². The molecule has 30 heavy (non-hydrogen) atoms. The molecule has 4 atom stereocenters. The molecule has 3 aliphatic rings. The smallest absolute Gasteiger partial charge is 0.303 e. The van der Waals surface area contributed by atoms with Crippen molar-refractivity contribution in [2.75, 3.05) is 6.54 Å². The van der Waals surface area contributed by atoms with Crippen LogP contribution in [-0.2, 0) is 19.7 Å². The molecule has 1 aromatic rings. The largest absolute Gasteiger partial charge is 0.487 e. The summed E-state index contributed by atoms with van der Waals surface area (Å²) in [5.41, 5.74) is 1.99. The molecule has 2 saturated heterocycles. The number of benzene rings is 1. The minimum absolute atomic E-state index is 0.0113. The molecule has 0 aliphatic carbocycles. The van der Waals surface area contributed by atoms with Crippen molar-refractivity contribution in [1.82, 2.24) is 4.90 Å². The van der Waals surface area contributed by atoms with E-state index >= 15 is 0 Å². The fraction of sp³-hybridized carbons (Fsp3) is 0.667. The molecule has 0 saturated carbocycles. The number of likely N-dealkylation sites (tertiary alicyclic amines) is 1. The van der Waals surface area contributed by atoms with Crippen molar-refractivity contribution in [2.45, 2.75) is 89.6 Å². The third-order valence-electron chi connectivity index (χ3n) is 6.99. The molecule has 3 aliphatic heterocycles. The third kappa shape index (κ3) is 3.70. The lowest BCUT2D eigenvalue weighted by atomic mass is 9.73. The first-order chi connectivity index (χ1) is 14.0. The SMILES string of the molecule is CC(C)(C)c1ccc2c(c1)[C@@H]1O[C@@H]3CCN(C(=O)CCC(=O)O)[C@@H]3C[C@H]1C(C)(C)O2. The maximum absolute atomic E-state index is 12.7. The van der Waals surface area contributed by atoms with Gasteiger partial charge in [-0.15, -0.1) is 0 Å². The van der Waals surface area contributed by atoms with Gasteiger partial charge in [-0.2, -0.15) is 0 Å². The summed E-state index contributed by atoms with van der Waals surface area (Å²) in [5.74, 6) is -0.0153. The normalized spacial score (nSPS) is 29.4. The Kier molecular flexibility index (Phi) is 5.12. The standard InChI is InChI=1S/C24H33NO5/c1-23(2,3)14-6-7-18-15(12-14)22-16(24(4,5)30-18)13-17-19(29-22)10-11-25(17)20(26)8-9-21(27)28/h6-7,12,16-17,19,22H,8-11,13H2,1-5H3,(H,27,28)/t16-,17-,19-,22+/m1/s1. The summed E-state index contributed by atoms with van der Waals surface area (Å²) < 4.78 is 13.1. The lowest BCUT2D eigenvalue weighted by Crippen LogP contribution is -2.54. The first-order valence-corrected chi connectivity index (χ1v) is 11.0. The van der Waals surface area contributed by atoms with Gasteiger partial charge in [-0.3, -0.25) is 9.59 Å². The average molecular weight is 416 g/mol. The van der Waals surface area contributed by atoms with Crippen molar-refractivity contribution >= 4 is 11.9 Å². The number of ether oxygens (including phenoxy) is 2. The summed E-state index contributed by atoms with van der Waals surface area (Å²) in [6.45, 7) is 11.4. The fourth-order valence-corrected chi connectivity index (χ4v) is 5.22. The van der Waals surface area contributed by atoms with Crippen LogP contribution >= 0.6 is 0 Å². The molecule has 0 radical (unpaired) electrons.